The fourth-order valence-electron chi connectivity index (χ4n) is 3.43. The second-order valence-electron chi connectivity index (χ2n) is 9.14. The van der Waals surface area contributed by atoms with E-state index in [9.17, 15) is 0 Å². The summed E-state index contributed by atoms with van der Waals surface area (Å²) >= 11 is 0. The molecule has 2 aromatic carbocycles. The third kappa shape index (κ3) is 6.55. The molecule has 2 aromatic rings. The maximum absolute atomic E-state index is 4.44. The van der Waals surface area contributed by atoms with Crippen molar-refractivity contribution in [3.8, 4) is 0 Å². The molecule has 0 aliphatic carbocycles. The number of hydrogen-bond acceptors (Lipinski definition) is 2. The van der Waals surface area contributed by atoms with Crippen molar-refractivity contribution >= 4 is 17.5 Å². The van der Waals surface area contributed by atoms with Crippen molar-refractivity contribution in [3.63, 3.8) is 0 Å². The predicted octanol–water partition coefficient (Wildman–Crippen LogP) is 8.11. The lowest BCUT2D eigenvalue weighted by molar-refractivity contribution is 0.528. The van der Waals surface area contributed by atoms with Gasteiger partial charge in [0, 0.05) is 36.5 Å². The number of anilines is 1. The van der Waals surface area contributed by atoms with Crippen LogP contribution in [-0.4, -0.2) is 12.8 Å². The molecule has 2 nitrogen and oxygen atoms in total. The molecule has 0 spiro atoms. The number of rotatable bonds is 9. The number of benzene rings is 2. The molecule has 0 aromatic heterocycles. The lowest BCUT2D eigenvalue weighted by atomic mass is 9.84. The highest BCUT2D eigenvalue weighted by Gasteiger charge is 2.18. The van der Waals surface area contributed by atoms with E-state index in [0.717, 1.165) is 17.7 Å². The van der Waals surface area contributed by atoms with Crippen LogP contribution in [0.25, 0.3) is 5.57 Å². The van der Waals surface area contributed by atoms with E-state index in [1.165, 1.54) is 22.4 Å². The maximum atomic E-state index is 4.44. The molecule has 2 rings (SSSR count). The number of allylic oxidation sites excluding steroid dienone is 3. The summed E-state index contributed by atoms with van der Waals surface area (Å²) in [5.74, 6) is 0.435. The lowest BCUT2D eigenvalue weighted by Crippen LogP contribution is -2.08. The van der Waals surface area contributed by atoms with Gasteiger partial charge in [-0.05, 0) is 46.2 Å². The first-order chi connectivity index (χ1) is 14.7. The topological polar surface area (TPSA) is 24.4 Å². The van der Waals surface area contributed by atoms with Crippen molar-refractivity contribution in [2.24, 2.45) is 16.3 Å². The Morgan fingerprint density at radius 2 is 1.61 bits per heavy atom. The van der Waals surface area contributed by atoms with Crippen molar-refractivity contribution in [2.75, 3.05) is 11.9 Å². The quantitative estimate of drug-likeness (QED) is 0.412. The summed E-state index contributed by atoms with van der Waals surface area (Å²) in [6.07, 6.45) is 5.81. The molecule has 0 saturated carbocycles. The van der Waals surface area contributed by atoms with Crippen molar-refractivity contribution in [1.29, 1.82) is 0 Å². The Hall–Kier alpha value is -2.87. The normalized spacial score (nSPS) is 14.0. The summed E-state index contributed by atoms with van der Waals surface area (Å²) in [5, 5.41) is 3.50. The molecule has 1 N–H and O–H groups in total. The van der Waals surface area contributed by atoms with E-state index >= 15 is 0 Å². The maximum Gasteiger partial charge on any atom is 0.0378 e. The fourth-order valence-corrected chi connectivity index (χ4v) is 3.43. The van der Waals surface area contributed by atoms with Gasteiger partial charge in [-0.1, -0.05) is 96.3 Å². The Balaban J connectivity index is 2.25. The van der Waals surface area contributed by atoms with Crippen LogP contribution in [-0.2, 0) is 0 Å². The molecule has 31 heavy (non-hydrogen) atoms. The zero-order valence-corrected chi connectivity index (χ0v) is 20.1. The number of para-hydroxylation sites is 1. The third-order valence-electron chi connectivity index (χ3n) is 5.77. The van der Waals surface area contributed by atoms with Crippen LogP contribution in [0.4, 0.5) is 5.69 Å². The van der Waals surface area contributed by atoms with E-state index in [0.29, 0.717) is 0 Å². The summed E-state index contributed by atoms with van der Waals surface area (Å²) in [7, 11) is 0. The molecule has 0 aliphatic heterocycles. The molecule has 0 saturated heterocycles. The van der Waals surface area contributed by atoms with Gasteiger partial charge in [0.25, 0.3) is 0 Å². The molecule has 164 valence electrons. The largest absolute Gasteiger partial charge is 0.385 e. The van der Waals surface area contributed by atoms with Crippen LogP contribution in [0.1, 0.15) is 64.2 Å². The van der Waals surface area contributed by atoms with Crippen LogP contribution in [0.5, 0.6) is 0 Å². The highest BCUT2D eigenvalue weighted by molar-refractivity contribution is 5.79. The van der Waals surface area contributed by atoms with Crippen molar-refractivity contribution in [3.05, 3.63) is 96.2 Å². The molecule has 2 heteroatoms. The Labute approximate surface area is 189 Å². The Morgan fingerprint density at radius 3 is 2.26 bits per heavy atom. The first-order valence-corrected chi connectivity index (χ1v) is 11.2. The van der Waals surface area contributed by atoms with Crippen molar-refractivity contribution in [1.82, 2.24) is 0 Å². The van der Waals surface area contributed by atoms with E-state index in [2.05, 4.69) is 120 Å². The van der Waals surface area contributed by atoms with Gasteiger partial charge in [0.05, 0.1) is 0 Å². The zero-order chi connectivity index (χ0) is 23.0. The molecule has 0 fully saturated rings. The van der Waals surface area contributed by atoms with Gasteiger partial charge in [-0.3, -0.25) is 4.99 Å². The van der Waals surface area contributed by atoms with Crippen LogP contribution in [0.3, 0.4) is 0 Å². The molecule has 2 unspecified atom stereocenters. The van der Waals surface area contributed by atoms with Crippen LogP contribution < -0.4 is 5.32 Å². The highest BCUT2D eigenvalue weighted by atomic mass is 14.9. The van der Waals surface area contributed by atoms with Crippen LogP contribution in [0, 0.1) is 11.3 Å². The Kier molecular flexibility index (Phi) is 8.62. The fraction of sp³-hybridized carbons (Fsp3) is 0.345. The van der Waals surface area contributed by atoms with Gasteiger partial charge in [0.2, 0.25) is 0 Å². The minimum absolute atomic E-state index is 0.0323. The van der Waals surface area contributed by atoms with E-state index in [-0.39, 0.29) is 17.3 Å². The molecular formula is C29H38N2. The Morgan fingerprint density at radius 1 is 1.00 bits per heavy atom. The van der Waals surface area contributed by atoms with Crippen molar-refractivity contribution < 1.29 is 0 Å². The number of nitrogens with zero attached hydrogens (tertiary/aromatic N) is 1. The second kappa shape index (κ2) is 10.9. The van der Waals surface area contributed by atoms with Crippen molar-refractivity contribution in [2.45, 2.75) is 47.5 Å². The average molecular weight is 415 g/mol. The molecule has 0 radical (unpaired) electrons. The second-order valence-corrected chi connectivity index (χ2v) is 9.14. The average Bonchev–Trinajstić information content (AvgIpc) is 2.75. The van der Waals surface area contributed by atoms with Gasteiger partial charge in [-0.15, -0.1) is 0 Å². The lowest BCUT2D eigenvalue weighted by Gasteiger charge is -2.22. The van der Waals surface area contributed by atoms with Gasteiger partial charge < -0.3 is 5.32 Å². The van der Waals surface area contributed by atoms with E-state index in [4.69, 9.17) is 0 Å². The molecule has 0 aliphatic rings. The number of nitrogens with one attached hydrogen (secondary N) is 1. The monoisotopic (exact) mass is 414 g/mol. The van der Waals surface area contributed by atoms with Crippen LogP contribution >= 0.6 is 0 Å². The highest BCUT2D eigenvalue weighted by Crippen LogP contribution is 2.36. The minimum Gasteiger partial charge on any atom is -0.385 e. The molecule has 0 heterocycles. The molecule has 2 atom stereocenters. The van der Waals surface area contributed by atoms with Gasteiger partial charge in [0.1, 0.15) is 0 Å². The predicted molar refractivity (Wildman–Crippen MR) is 139 cm³/mol. The molecular weight excluding hydrogens is 376 g/mol. The SMILES string of the molecule is C=C(c1ccccc1C(C)c1ccccc1NCC)C(C)/C=C\N=CC(=C)C(C)(C)C. The van der Waals surface area contributed by atoms with Crippen LogP contribution in [0.2, 0.25) is 0 Å². The summed E-state index contributed by atoms with van der Waals surface area (Å²) in [6.45, 7) is 22.4. The summed E-state index contributed by atoms with van der Waals surface area (Å²) in [5.41, 5.74) is 7.15. The summed E-state index contributed by atoms with van der Waals surface area (Å²) < 4.78 is 0. The first-order valence-electron chi connectivity index (χ1n) is 11.2. The first kappa shape index (κ1) is 24.4. The number of aliphatic imine (C=N–C) groups is 1. The van der Waals surface area contributed by atoms with E-state index in [1.807, 2.05) is 12.4 Å². The van der Waals surface area contributed by atoms with Crippen LogP contribution in [0.15, 0.2) is 84.5 Å². The van der Waals surface area contributed by atoms with Gasteiger partial charge in [-0.25, -0.2) is 0 Å². The third-order valence-corrected chi connectivity index (χ3v) is 5.77. The van der Waals surface area contributed by atoms with Gasteiger partial charge in [-0.2, -0.15) is 0 Å². The van der Waals surface area contributed by atoms with E-state index in [1.54, 1.807) is 0 Å². The van der Waals surface area contributed by atoms with Gasteiger partial charge in [0.15, 0.2) is 0 Å². The molecule has 0 bridgehead atoms. The molecule has 0 amide bonds. The smallest absolute Gasteiger partial charge is 0.0378 e. The summed E-state index contributed by atoms with van der Waals surface area (Å²) in [6, 6.07) is 17.2. The summed E-state index contributed by atoms with van der Waals surface area (Å²) in [4.78, 5) is 4.44. The standard InChI is InChI=1S/C29H38N2/c1-9-31-28-17-13-12-16-27(28)24(5)26-15-11-10-14-25(26)23(4)21(2)18-19-30-20-22(3)29(6,7)8/h10-21,24,31H,3-4,9H2,1-2,5-8H3/b19-18-,30-20?. The minimum atomic E-state index is 0.0323. The number of hydrogen-bond donors (Lipinski definition) is 1. The zero-order valence-electron chi connectivity index (χ0n) is 20.1. The Bertz CT molecular complexity index is 957. The van der Waals surface area contributed by atoms with E-state index < -0.39 is 0 Å². The van der Waals surface area contributed by atoms with Gasteiger partial charge >= 0.3 is 0 Å².